The minimum absolute atomic E-state index is 0.133. The van der Waals surface area contributed by atoms with Gasteiger partial charge in [-0.05, 0) is 65.7 Å². The fourth-order valence-corrected chi connectivity index (χ4v) is 8.38. The van der Waals surface area contributed by atoms with Gasteiger partial charge in [0.15, 0.2) is 5.78 Å². The quantitative estimate of drug-likeness (QED) is 0.261. The summed E-state index contributed by atoms with van der Waals surface area (Å²) in [6.45, 7) is 4.20. The number of nitrogens with zero attached hydrogens (tertiary/aromatic N) is 2. The summed E-state index contributed by atoms with van der Waals surface area (Å²) < 4.78 is 14.4. The first-order chi connectivity index (χ1) is 20.3. The number of Topliss-reactive ketones (excluding diaryl/α,β-unsaturated/α-hetero) is 1. The number of thiophene rings is 2. The Kier molecular flexibility index (Phi) is 8.27. The van der Waals surface area contributed by atoms with E-state index in [0.29, 0.717) is 36.8 Å². The lowest BCUT2D eigenvalue weighted by Crippen LogP contribution is -2.54. The Morgan fingerprint density at radius 3 is 2.36 bits per heavy atom. The van der Waals surface area contributed by atoms with Crippen molar-refractivity contribution in [3.63, 3.8) is 0 Å². The van der Waals surface area contributed by atoms with Crippen LogP contribution in [0.25, 0.3) is 0 Å². The average molecular weight is 622 g/mol. The second-order valence-corrected chi connectivity index (χ2v) is 13.0. The minimum Gasteiger partial charge on any atom is -0.338 e. The number of hydrogen-bond acceptors (Lipinski definition) is 6. The number of piperazine rings is 1. The Hall–Kier alpha value is -3.37. The molecular weight excluding hydrogens is 593 g/mol. The van der Waals surface area contributed by atoms with Crippen molar-refractivity contribution in [3.8, 4) is 0 Å². The van der Waals surface area contributed by atoms with Gasteiger partial charge in [-0.2, -0.15) is 0 Å². The maximum absolute atomic E-state index is 14.6. The van der Waals surface area contributed by atoms with Crippen LogP contribution in [0.3, 0.4) is 0 Å². The first-order valence-electron chi connectivity index (χ1n) is 13.8. The van der Waals surface area contributed by atoms with Crippen LogP contribution in [0.1, 0.15) is 48.0 Å². The molecule has 6 nitrogen and oxygen atoms in total. The molecule has 2 saturated heterocycles. The van der Waals surface area contributed by atoms with Crippen molar-refractivity contribution in [3.05, 3.63) is 115 Å². The van der Waals surface area contributed by atoms with Crippen LogP contribution in [0.4, 0.5) is 4.39 Å². The summed E-state index contributed by atoms with van der Waals surface area (Å²) in [4.78, 5) is 48.8. The van der Waals surface area contributed by atoms with Gasteiger partial charge in [0.2, 0.25) is 5.91 Å². The van der Waals surface area contributed by atoms with Crippen LogP contribution in [0.15, 0.2) is 77.5 Å². The molecule has 0 saturated carbocycles. The Morgan fingerprint density at radius 2 is 1.69 bits per heavy atom. The highest BCUT2D eigenvalue weighted by atomic mass is 35.5. The minimum atomic E-state index is -0.975. The largest absolute Gasteiger partial charge is 0.338 e. The molecule has 2 amide bonds. The van der Waals surface area contributed by atoms with Crippen molar-refractivity contribution in [2.45, 2.75) is 24.9 Å². The summed E-state index contributed by atoms with van der Waals surface area (Å²) in [5, 5.41) is 7.56. The van der Waals surface area contributed by atoms with Gasteiger partial charge in [0.1, 0.15) is 11.9 Å². The van der Waals surface area contributed by atoms with Gasteiger partial charge >= 0.3 is 0 Å². The monoisotopic (exact) mass is 621 g/mol. The maximum atomic E-state index is 14.6. The molecular formula is C32H29ClFN3O3S2. The fraction of sp³-hybridized carbons (Fsp3) is 0.281. The van der Waals surface area contributed by atoms with Gasteiger partial charge in [0.05, 0.1) is 12.0 Å². The first kappa shape index (κ1) is 28.7. The topological polar surface area (TPSA) is 69.7 Å². The van der Waals surface area contributed by atoms with Crippen LogP contribution in [-0.2, 0) is 4.79 Å². The molecule has 2 aromatic carbocycles. The summed E-state index contributed by atoms with van der Waals surface area (Å²) in [5.74, 6) is -2.84. The fourth-order valence-electron chi connectivity index (χ4n) is 6.21. The van der Waals surface area contributed by atoms with E-state index in [2.05, 4.69) is 5.32 Å². The Balaban J connectivity index is 1.60. The maximum Gasteiger partial charge on any atom is 0.255 e. The van der Waals surface area contributed by atoms with Crippen LogP contribution in [0.2, 0.25) is 5.02 Å². The predicted octanol–water partition coefficient (Wildman–Crippen LogP) is 6.19. The Bertz CT molecular complexity index is 1620. The van der Waals surface area contributed by atoms with Crippen molar-refractivity contribution < 1.29 is 18.8 Å². The third kappa shape index (κ3) is 5.30. The number of carbonyl (C=O) groups is 3. The SMILES string of the molecule is Cc1ccsc1C1C(C(=O)c2cccc(Cl)c2)C(c2cccs2)C(C(=O)N2CCNCC2)N1C(=O)c1cccc(F)c1. The summed E-state index contributed by atoms with van der Waals surface area (Å²) in [5.41, 5.74) is 1.47. The second-order valence-electron chi connectivity index (χ2n) is 10.6. The third-order valence-electron chi connectivity index (χ3n) is 8.11. The molecule has 6 rings (SSSR count). The smallest absolute Gasteiger partial charge is 0.255 e. The van der Waals surface area contributed by atoms with Crippen LogP contribution >= 0.6 is 34.3 Å². The number of aryl methyl sites for hydroxylation is 1. The van der Waals surface area contributed by atoms with E-state index in [-0.39, 0.29) is 17.3 Å². The van der Waals surface area contributed by atoms with E-state index in [1.807, 2.05) is 35.9 Å². The van der Waals surface area contributed by atoms with Crippen LogP contribution in [-0.4, -0.2) is 59.6 Å². The average Bonchev–Trinajstić information content (AvgIpc) is 3.75. The number of carbonyl (C=O) groups excluding carboxylic acids is 3. The number of nitrogens with one attached hydrogen (secondary N) is 1. The highest BCUT2D eigenvalue weighted by Crippen LogP contribution is 2.54. The van der Waals surface area contributed by atoms with Crippen LogP contribution in [0.5, 0.6) is 0 Å². The molecule has 10 heteroatoms. The molecule has 4 heterocycles. The highest BCUT2D eigenvalue weighted by molar-refractivity contribution is 7.10. The number of halogens is 2. The van der Waals surface area contributed by atoms with E-state index in [1.165, 1.54) is 40.9 Å². The van der Waals surface area contributed by atoms with Gasteiger partial charge in [-0.1, -0.05) is 35.9 Å². The lowest BCUT2D eigenvalue weighted by molar-refractivity contribution is -0.136. The molecule has 0 bridgehead atoms. The molecule has 2 fully saturated rings. The number of benzene rings is 2. The molecule has 0 spiro atoms. The summed E-state index contributed by atoms with van der Waals surface area (Å²) in [6, 6.07) is 16.4. The number of ketones is 1. The van der Waals surface area contributed by atoms with Crippen molar-refractivity contribution in [2.75, 3.05) is 26.2 Å². The molecule has 0 radical (unpaired) electrons. The first-order valence-corrected chi connectivity index (χ1v) is 15.9. The zero-order chi connectivity index (χ0) is 29.4. The van der Waals surface area contributed by atoms with E-state index < -0.39 is 35.6 Å². The van der Waals surface area contributed by atoms with Crippen molar-refractivity contribution in [1.82, 2.24) is 15.1 Å². The number of amides is 2. The second kappa shape index (κ2) is 12.1. The lowest BCUT2D eigenvalue weighted by atomic mass is 9.79. The van der Waals surface area contributed by atoms with E-state index >= 15 is 0 Å². The lowest BCUT2D eigenvalue weighted by Gasteiger charge is -2.36. The molecule has 2 aliphatic heterocycles. The van der Waals surface area contributed by atoms with Crippen molar-refractivity contribution in [2.24, 2.45) is 5.92 Å². The van der Waals surface area contributed by atoms with Gasteiger partial charge in [-0.25, -0.2) is 4.39 Å². The molecule has 0 aliphatic carbocycles. The van der Waals surface area contributed by atoms with Gasteiger partial charge in [0.25, 0.3) is 5.91 Å². The van der Waals surface area contributed by atoms with Gasteiger partial charge < -0.3 is 15.1 Å². The van der Waals surface area contributed by atoms with Crippen LogP contribution < -0.4 is 5.32 Å². The summed E-state index contributed by atoms with van der Waals surface area (Å²) in [7, 11) is 0. The van der Waals surface area contributed by atoms with E-state index in [4.69, 9.17) is 11.6 Å². The summed E-state index contributed by atoms with van der Waals surface area (Å²) >= 11 is 9.26. The predicted molar refractivity (Wildman–Crippen MR) is 164 cm³/mol. The summed E-state index contributed by atoms with van der Waals surface area (Å²) in [6.07, 6.45) is 0. The van der Waals surface area contributed by atoms with Gasteiger partial charge in [-0.3, -0.25) is 14.4 Å². The normalized spacial score (nSPS) is 22.4. The standard InChI is InChI=1S/C32H29ClFN3O3S2/c1-19-10-16-42-30(19)27-26(29(38)20-5-2-7-22(33)17-20)25(24-9-4-15-41-24)28(32(40)36-13-11-35-12-14-36)37(27)31(39)21-6-3-8-23(34)18-21/h2-10,15-18,25-28,35H,11-14H2,1H3. The third-order valence-corrected chi connectivity index (χ3v) is 10.4. The molecule has 1 N–H and O–H groups in total. The molecule has 2 aliphatic rings. The van der Waals surface area contributed by atoms with E-state index in [9.17, 15) is 18.8 Å². The molecule has 2 aromatic heterocycles. The molecule has 4 unspecified atom stereocenters. The number of rotatable bonds is 6. The zero-order valence-electron chi connectivity index (χ0n) is 22.8. The van der Waals surface area contributed by atoms with Crippen molar-refractivity contribution >= 4 is 51.9 Å². The molecule has 216 valence electrons. The van der Waals surface area contributed by atoms with E-state index in [0.717, 1.165) is 15.3 Å². The Labute approximate surface area is 256 Å². The number of likely N-dealkylation sites (tertiary alicyclic amines) is 1. The number of hydrogen-bond donors (Lipinski definition) is 1. The molecule has 42 heavy (non-hydrogen) atoms. The highest BCUT2D eigenvalue weighted by Gasteiger charge is 2.59. The van der Waals surface area contributed by atoms with E-state index in [1.54, 1.807) is 40.1 Å². The van der Waals surface area contributed by atoms with Gasteiger partial charge in [-0.15, -0.1) is 22.7 Å². The molecule has 4 atom stereocenters. The van der Waals surface area contributed by atoms with Gasteiger partial charge in [0, 0.05) is 58.0 Å². The van der Waals surface area contributed by atoms with Crippen molar-refractivity contribution in [1.29, 1.82) is 0 Å². The molecule has 4 aromatic rings. The zero-order valence-corrected chi connectivity index (χ0v) is 25.2. The van der Waals surface area contributed by atoms with Crippen LogP contribution in [0, 0.1) is 18.7 Å². The Morgan fingerprint density at radius 1 is 0.929 bits per heavy atom.